The van der Waals surface area contributed by atoms with E-state index in [1.807, 2.05) is 13.1 Å². The Labute approximate surface area is 119 Å². The van der Waals surface area contributed by atoms with Crippen molar-refractivity contribution >= 4 is 17.5 Å². The number of anilines is 1. The molecule has 1 aromatic rings. The average molecular weight is 275 g/mol. The van der Waals surface area contributed by atoms with Gasteiger partial charge in [0, 0.05) is 32.8 Å². The Morgan fingerprint density at radius 2 is 2.35 bits per heavy atom. The lowest BCUT2D eigenvalue weighted by atomic mass is 10.1. The zero-order valence-corrected chi connectivity index (χ0v) is 12.1. The van der Waals surface area contributed by atoms with Gasteiger partial charge in [-0.1, -0.05) is 13.3 Å². The van der Waals surface area contributed by atoms with Crippen LogP contribution < -0.4 is 4.90 Å². The fourth-order valence-corrected chi connectivity index (χ4v) is 2.45. The largest absolute Gasteiger partial charge is 0.345 e. The molecule has 0 bridgehead atoms. The van der Waals surface area contributed by atoms with Crippen LogP contribution in [0.2, 0.25) is 0 Å². The highest BCUT2D eigenvalue weighted by atomic mass is 16.2. The molecular formula is C15H21N3O2. The first-order chi connectivity index (χ1) is 9.63. The molecule has 1 aliphatic rings. The Balaban J connectivity index is 2.00. The summed E-state index contributed by atoms with van der Waals surface area (Å²) in [6, 6.07) is 3.64. The van der Waals surface area contributed by atoms with Crippen molar-refractivity contribution in [2.75, 3.05) is 25.0 Å². The van der Waals surface area contributed by atoms with Crippen LogP contribution in [-0.4, -0.2) is 41.8 Å². The predicted octanol–water partition coefficient (Wildman–Crippen LogP) is 1.69. The monoisotopic (exact) mass is 275 g/mol. The van der Waals surface area contributed by atoms with Gasteiger partial charge < -0.3 is 9.80 Å². The summed E-state index contributed by atoms with van der Waals surface area (Å²) >= 11 is 0. The number of carbonyl (C=O) groups is 2. The van der Waals surface area contributed by atoms with E-state index in [1.54, 1.807) is 28.3 Å². The lowest BCUT2D eigenvalue weighted by Crippen LogP contribution is -2.35. The van der Waals surface area contributed by atoms with Gasteiger partial charge >= 0.3 is 0 Å². The standard InChI is InChI=1S/C15H21N3O2/c1-3-4-8-17(2)15(20)12-9-14(19)18(11-12)13-6-5-7-16-10-13/h5-7,10,12H,3-4,8-9,11H2,1-2H3. The Bertz CT molecular complexity index is 475. The molecule has 1 atom stereocenters. The highest BCUT2D eigenvalue weighted by molar-refractivity contribution is 6.00. The van der Waals surface area contributed by atoms with Gasteiger partial charge in [0.05, 0.1) is 17.8 Å². The fraction of sp³-hybridized carbons (Fsp3) is 0.533. The van der Waals surface area contributed by atoms with E-state index in [4.69, 9.17) is 0 Å². The third-order valence-electron chi connectivity index (χ3n) is 3.66. The molecule has 0 saturated carbocycles. The fourth-order valence-electron chi connectivity index (χ4n) is 2.45. The molecule has 1 aromatic heterocycles. The van der Waals surface area contributed by atoms with Gasteiger partial charge in [-0.15, -0.1) is 0 Å². The molecule has 20 heavy (non-hydrogen) atoms. The van der Waals surface area contributed by atoms with Crippen molar-refractivity contribution in [3.63, 3.8) is 0 Å². The van der Waals surface area contributed by atoms with Gasteiger partial charge in [-0.05, 0) is 18.6 Å². The quantitative estimate of drug-likeness (QED) is 0.821. The van der Waals surface area contributed by atoms with Gasteiger partial charge in [-0.3, -0.25) is 14.6 Å². The maximum Gasteiger partial charge on any atom is 0.227 e. The molecule has 1 fully saturated rings. The molecule has 1 aliphatic heterocycles. The normalized spacial score (nSPS) is 18.4. The average Bonchev–Trinajstić information content (AvgIpc) is 2.86. The van der Waals surface area contributed by atoms with Crippen molar-refractivity contribution in [2.45, 2.75) is 26.2 Å². The molecule has 1 saturated heterocycles. The molecule has 0 spiro atoms. The molecule has 5 nitrogen and oxygen atoms in total. The number of nitrogens with zero attached hydrogens (tertiary/aromatic N) is 3. The molecule has 1 unspecified atom stereocenters. The number of hydrogen-bond donors (Lipinski definition) is 0. The van der Waals surface area contributed by atoms with Crippen molar-refractivity contribution < 1.29 is 9.59 Å². The van der Waals surface area contributed by atoms with Crippen LogP contribution in [0.25, 0.3) is 0 Å². The Morgan fingerprint density at radius 3 is 3.00 bits per heavy atom. The highest BCUT2D eigenvalue weighted by Gasteiger charge is 2.36. The molecule has 0 aliphatic carbocycles. The van der Waals surface area contributed by atoms with Crippen LogP contribution in [0.3, 0.4) is 0 Å². The second kappa shape index (κ2) is 6.50. The summed E-state index contributed by atoms with van der Waals surface area (Å²) in [5.41, 5.74) is 0.768. The lowest BCUT2D eigenvalue weighted by molar-refractivity contribution is -0.134. The third-order valence-corrected chi connectivity index (χ3v) is 3.66. The molecule has 0 radical (unpaired) electrons. The summed E-state index contributed by atoms with van der Waals surface area (Å²) in [4.78, 5) is 31.8. The van der Waals surface area contributed by atoms with E-state index in [0.717, 1.165) is 25.1 Å². The predicted molar refractivity (Wildman–Crippen MR) is 77.2 cm³/mol. The maximum absolute atomic E-state index is 12.3. The first-order valence-electron chi connectivity index (χ1n) is 7.08. The number of carbonyl (C=O) groups excluding carboxylic acids is 2. The number of aromatic nitrogens is 1. The zero-order valence-electron chi connectivity index (χ0n) is 12.1. The van der Waals surface area contributed by atoms with Gasteiger partial charge in [0.15, 0.2) is 0 Å². The molecule has 2 amide bonds. The summed E-state index contributed by atoms with van der Waals surface area (Å²) in [6.45, 7) is 3.31. The first-order valence-corrected chi connectivity index (χ1v) is 7.08. The molecule has 2 heterocycles. The smallest absolute Gasteiger partial charge is 0.227 e. The van der Waals surface area contributed by atoms with Crippen LogP contribution in [0.1, 0.15) is 26.2 Å². The lowest BCUT2D eigenvalue weighted by Gasteiger charge is -2.21. The second-order valence-corrected chi connectivity index (χ2v) is 5.23. The van der Waals surface area contributed by atoms with Gasteiger partial charge in [0.1, 0.15) is 0 Å². The number of hydrogen-bond acceptors (Lipinski definition) is 3. The SMILES string of the molecule is CCCCN(C)C(=O)C1CC(=O)N(c2cccnc2)C1. The van der Waals surface area contributed by atoms with Gasteiger partial charge in [-0.2, -0.15) is 0 Å². The second-order valence-electron chi connectivity index (χ2n) is 5.23. The minimum Gasteiger partial charge on any atom is -0.345 e. The molecule has 0 N–H and O–H groups in total. The summed E-state index contributed by atoms with van der Waals surface area (Å²) in [5.74, 6) is -0.164. The molecule has 108 valence electrons. The Morgan fingerprint density at radius 1 is 1.55 bits per heavy atom. The van der Waals surface area contributed by atoms with Crippen LogP contribution >= 0.6 is 0 Å². The maximum atomic E-state index is 12.3. The van der Waals surface area contributed by atoms with Gasteiger partial charge in [0.2, 0.25) is 11.8 Å². The zero-order chi connectivity index (χ0) is 14.5. The van der Waals surface area contributed by atoms with E-state index in [0.29, 0.717) is 13.0 Å². The van der Waals surface area contributed by atoms with Crippen molar-refractivity contribution in [3.8, 4) is 0 Å². The molecule has 2 rings (SSSR count). The number of unbranched alkanes of at least 4 members (excludes halogenated alkanes) is 1. The summed E-state index contributed by atoms with van der Waals surface area (Å²) in [6.07, 6.45) is 5.68. The minimum atomic E-state index is -0.232. The van der Waals surface area contributed by atoms with Crippen molar-refractivity contribution in [2.24, 2.45) is 5.92 Å². The highest BCUT2D eigenvalue weighted by Crippen LogP contribution is 2.25. The summed E-state index contributed by atoms with van der Waals surface area (Å²) in [5, 5.41) is 0. The van der Waals surface area contributed by atoms with E-state index >= 15 is 0 Å². The van der Waals surface area contributed by atoms with Crippen molar-refractivity contribution in [1.29, 1.82) is 0 Å². The van der Waals surface area contributed by atoms with E-state index in [-0.39, 0.29) is 17.7 Å². The number of pyridine rings is 1. The molecule has 5 heteroatoms. The topological polar surface area (TPSA) is 53.5 Å². The summed E-state index contributed by atoms with van der Waals surface area (Å²) < 4.78 is 0. The van der Waals surface area contributed by atoms with E-state index in [1.165, 1.54) is 0 Å². The van der Waals surface area contributed by atoms with Gasteiger partial charge in [0.25, 0.3) is 0 Å². The van der Waals surface area contributed by atoms with Crippen LogP contribution in [0.4, 0.5) is 5.69 Å². The van der Waals surface area contributed by atoms with Crippen LogP contribution in [0.15, 0.2) is 24.5 Å². The van der Waals surface area contributed by atoms with E-state index in [2.05, 4.69) is 11.9 Å². The van der Waals surface area contributed by atoms with E-state index < -0.39 is 0 Å². The molecular weight excluding hydrogens is 254 g/mol. The van der Waals surface area contributed by atoms with Crippen LogP contribution in [-0.2, 0) is 9.59 Å². The van der Waals surface area contributed by atoms with Crippen LogP contribution in [0.5, 0.6) is 0 Å². The minimum absolute atomic E-state index is 0.000224. The molecule has 0 aromatic carbocycles. The Hall–Kier alpha value is -1.91. The third kappa shape index (κ3) is 3.15. The number of rotatable bonds is 5. The number of amides is 2. The van der Waals surface area contributed by atoms with Crippen molar-refractivity contribution in [1.82, 2.24) is 9.88 Å². The van der Waals surface area contributed by atoms with E-state index in [9.17, 15) is 9.59 Å². The van der Waals surface area contributed by atoms with Crippen LogP contribution in [0, 0.1) is 5.92 Å². The summed E-state index contributed by atoms with van der Waals surface area (Å²) in [7, 11) is 1.81. The van der Waals surface area contributed by atoms with Gasteiger partial charge in [-0.25, -0.2) is 0 Å². The van der Waals surface area contributed by atoms with Crippen molar-refractivity contribution in [3.05, 3.63) is 24.5 Å². The Kier molecular flexibility index (Phi) is 4.71. The first kappa shape index (κ1) is 14.5.